The molecule has 0 aliphatic rings. The molecule has 146 valence electrons. The predicted octanol–water partition coefficient (Wildman–Crippen LogP) is 3.73. The van der Waals surface area contributed by atoms with Crippen molar-refractivity contribution in [2.45, 2.75) is 31.3 Å². The Balaban J connectivity index is 1.75. The van der Waals surface area contributed by atoms with Crippen molar-refractivity contribution in [3.05, 3.63) is 70.3 Å². The number of thioether (sulfide) groups is 1. The zero-order valence-corrected chi connectivity index (χ0v) is 16.2. The van der Waals surface area contributed by atoms with E-state index >= 15 is 0 Å². The van der Waals surface area contributed by atoms with Crippen molar-refractivity contribution in [1.29, 1.82) is 0 Å². The lowest BCUT2D eigenvalue weighted by molar-refractivity contribution is -0.130. The highest BCUT2D eigenvalue weighted by Crippen LogP contribution is 2.21. The van der Waals surface area contributed by atoms with Crippen molar-refractivity contribution in [2.24, 2.45) is 0 Å². The van der Waals surface area contributed by atoms with Crippen LogP contribution in [0.25, 0.3) is 10.9 Å². The largest absolute Gasteiger partial charge is 0.332 e. The number of fused-ring (bicyclic) bond motifs is 1. The summed E-state index contributed by atoms with van der Waals surface area (Å²) in [5.41, 5.74) is 0.307. The maximum Gasteiger partial charge on any atom is 0.258 e. The number of nitrogens with zero attached hydrogens (tertiary/aromatic N) is 2. The summed E-state index contributed by atoms with van der Waals surface area (Å²) in [6, 6.07) is 10.4. The van der Waals surface area contributed by atoms with Crippen molar-refractivity contribution in [1.82, 2.24) is 14.9 Å². The minimum Gasteiger partial charge on any atom is -0.332 e. The van der Waals surface area contributed by atoms with Crippen molar-refractivity contribution in [2.75, 3.05) is 5.75 Å². The summed E-state index contributed by atoms with van der Waals surface area (Å²) in [5, 5.41) is 0.488. The van der Waals surface area contributed by atoms with Crippen molar-refractivity contribution in [3.8, 4) is 0 Å². The van der Waals surface area contributed by atoms with Gasteiger partial charge in [0.25, 0.3) is 5.56 Å². The molecule has 1 N–H and O–H groups in total. The number of nitrogens with one attached hydrogen (secondary N) is 1. The van der Waals surface area contributed by atoms with Crippen molar-refractivity contribution >= 4 is 28.6 Å². The smallest absolute Gasteiger partial charge is 0.258 e. The minimum absolute atomic E-state index is 0.0566. The third-order valence-corrected chi connectivity index (χ3v) is 5.16. The molecule has 1 aromatic heterocycles. The minimum atomic E-state index is -0.948. The third-order valence-electron chi connectivity index (χ3n) is 4.18. The first-order valence-electron chi connectivity index (χ1n) is 8.70. The number of aromatic amines is 1. The van der Waals surface area contributed by atoms with E-state index in [1.165, 1.54) is 6.07 Å². The summed E-state index contributed by atoms with van der Waals surface area (Å²) in [5.74, 6) is -1.62. The Labute approximate surface area is 164 Å². The summed E-state index contributed by atoms with van der Waals surface area (Å²) < 4.78 is 26.3. The van der Waals surface area contributed by atoms with E-state index in [0.717, 1.165) is 23.9 Å². The number of hydrogen-bond donors (Lipinski definition) is 1. The Kier molecular flexibility index (Phi) is 6.08. The molecule has 28 heavy (non-hydrogen) atoms. The van der Waals surface area contributed by atoms with Crippen LogP contribution in [0.2, 0.25) is 0 Å². The number of benzene rings is 2. The van der Waals surface area contributed by atoms with Crippen LogP contribution >= 0.6 is 11.8 Å². The summed E-state index contributed by atoms with van der Waals surface area (Å²) in [7, 11) is 0. The number of halogens is 2. The monoisotopic (exact) mass is 403 g/mol. The molecule has 5 nitrogen and oxygen atoms in total. The summed E-state index contributed by atoms with van der Waals surface area (Å²) in [4.78, 5) is 34.1. The van der Waals surface area contributed by atoms with Gasteiger partial charge in [0.05, 0.1) is 23.2 Å². The van der Waals surface area contributed by atoms with Gasteiger partial charge in [-0.15, -0.1) is 11.8 Å². The number of hydrogen-bond acceptors (Lipinski definition) is 4. The van der Waals surface area contributed by atoms with Gasteiger partial charge in [-0.1, -0.05) is 12.1 Å². The first-order chi connectivity index (χ1) is 13.3. The van der Waals surface area contributed by atoms with Crippen LogP contribution in [0.3, 0.4) is 0 Å². The average molecular weight is 403 g/mol. The molecule has 0 atom stereocenters. The molecule has 0 saturated carbocycles. The van der Waals surface area contributed by atoms with Crippen molar-refractivity contribution in [3.63, 3.8) is 0 Å². The first-order valence-corrected chi connectivity index (χ1v) is 9.69. The molecule has 0 unspecified atom stereocenters. The van der Waals surface area contributed by atoms with Crippen LogP contribution in [0.1, 0.15) is 19.7 Å². The van der Waals surface area contributed by atoms with Crippen LogP contribution in [0.4, 0.5) is 8.78 Å². The SMILES string of the molecule is CC(C)N(Cc1nc2ccccc2c(=O)[nH]1)C(=O)CSc1ccc(F)c(F)c1. The number of para-hydroxylation sites is 1. The fourth-order valence-electron chi connectivity index (χ4n) is 2.72. The van der Waals surface area contributed by atoms with Crippen LogP contribution in [-0.2, 0) is 11.3 Å². The van der Waals surface area contributed by atoms with Gasteiger partial charge in [0.1, 0.15) is 5.82 Å². The molecule has 3 rings (SSSR count). The van der Waals surface area contributed by atoms with E-state index in [0.29, 0.717) is 21.6 Å². The molecular formula is C20H19F2N3O2S. The lowest BCUT2D eigenvalue weighted by Crippen LogP contribution is -2.38. The van der Waals surface area contributed by atoms with Gasteiger partial charge >= 0.3 is 0 Å². The Morgan fingerprint density at radius 3 is 2.64 bits per heavy atom. The van der Waals surface area contributed by atoms with E-state index < -0.39 is 11.6 Å². The van der Waals surface area contributed by atoms with Crippen LogP contribution in [0.15, 0.2) is 52.2 Å². The molecule has 8 heteroatoms. The topological polar surface area (TPSA) is 66.1 Å². The van der Waals surface area contributed by atoms with E-state index in [9.17, 15) is 18.4 Å². The second-order valence-electron chi connectivity index (χ2n) is 6.51. The molecule has 0 aliphatic heterocycles. The molecule has 3 aromatic rings. The van der Waals surface area contributed by atoms with Gasteiger partial charge in [-0.3, -0.25) is 9.59 Å². The van der Waals surface area contributed by atoms with Gasteiger partial charge in [-0.25, -0.2) is 13.8 Å². The van der Waals surface area contributed by atoms with Crippen LogP contribution in [0, 0.1) is 11.6 Å². The fourth-order valence-corrected chi connectivity index (χ4v) is 3.53. The molecular weight excluding hydrogens is 384 g/mol. The fraction of sp³-hybridized carbons (Fsp3) is 0.250. The standard InChI is InChI=1S/C20H19F2N3O2S/c1-12(2)25(19(26)11-28-13-7-8-15(21)16(22)9-13)10-18-23-17-6-4-3-5-14(17)20(27)24-18/h3-9,12H,10-11H2,1-2H3,(H,23,24,27). The Morgan fingerprint density at radius 1 is 1.18 bits per heavy atom. The Morgan fingerprint density at radius 2 is 1.93 bits per heavy atom. The molecule has 1 heterocycles. The van der Waals surface area contributed by atoms with Gasteiger partial charge in [0, 0.05) is 10.9 Å². The predicted molar refractivity (Wildman–Crippen MR) is 105 cm³/mol. The van der Waals surface area contributed by atoms with Crippen molar-refractivity contribution < 1.29 is 13.6 Å². The van der Waals surface area contributed by atoms with Crippen LogP contribution in [-0.4, -0.2) is 32.6 Å². The van der Waals surface area contributed by atoms with Gasteiger partial charge in [0.15, 0.2) is 11.6 Å². The maximum atomic E-state index is 13.3. The third kappa shape index (κ3) is 4.56. The summed E-state index contributed by atoms with van der Waals surface area (Å²) in [6.45, 7) is 3.87. The highest BCUT2D eigenvalue weighted by Gasteiger charge is 2.19. The maximum absolute atomic E-state index is 13.3. The zero-order valence-electron chi connectivity index (χ0n) is 15.4. The van der Waals surface area contributed by atoms with Gasteiger partial charge in [-0.2, -0.15) is 0 Å². The number of amides is 1. The lowest BCUT2D eigenvalue weighted by atomic mass is 10.2. The molecule has 0 bridgehead atoms. The summed E-state index contributed by atoms with van der Waals surface area (Å²) in [6.07, 6.45) is 0. The number of aromatic nitrogens is 2. The first kappa shape index (κ1) is 20.0. The Hall–Kier alpha value is -2.74. The van der Waals surface area contributed by atoms with Gasteiger partial charge in [-0.05, 0) is 44.2 Å². The normalized spacial score (nSPS) is 11.2. The second-order valence-corrected chi connectivity index (χ2v) is 7.56. The van der Waals surface area contributed by atoms with E-state index in [1.807, 2.05) is 13.8 Å². The highest BCUT2D eigenvalue weighted by atomic mass is 32.2. The van der Waals surface area contributed by atoms with E-state index in [4.69, 9.17) is 0 Å². The van der Waals surface area contributed by atoms with Crippen LogP contribution < -0.4 is 5.56 Å². The molecule has 1 amide bonds. The molecule has 0 radical (unpaired) electrons. The van der Waals surface area contributed by atoms with Gasteiger partial charge < -0.3 is 9.88 Å². The summed E-state index contributed by atoms with van der Waals surface area (Å²) >= 11 is 1.12. The lowest BCUT2D eigenvalue weighted by Gasteiger charge is -2.26. The van der Waals surface area contributed by atoms with E-state index in [-0.39, 0.29) is 29.8 Å². The molecule has 2 aromatic carbocycles. The van der Waals surface area contributed by atoms with E-state index in [1.54, 1.807) is 29.2 Å². The molecule has 0 saturated heterocycles. The quantitative estimate of drug-likeness (QED) is 0.637. The Bertz CT molecular complexity index is 1070. The van der Waals surface area contributed by atoms with E-state index in [2.05, 4.69) is 9.97 Å². The number of H-pyrrole nitrogens is 1. The number of carbonyl (C=O) groups is 1. The molecule has 0 spiro atoms. The number of rotatable bonds is 6. The molecule has 0 fully saturated rings. The van der Waals surface area contributed by atoms with Crippen LogP contribution in [0.5, 0.6) is 0 Å². The zero-order chi connectivity index (χ0) is 20.3. The molecule has 0 aliphatic carbocycles. The average Bonchev–Trinajstić information content (AvgIpc) is 2.66. The van der Waals surface area contributed by atoms with Gasteiger partial charge in [0.2, 0.25) is 5.91 Å². The number of carbonyl (C=O) groups excluding carboxylic acids is 1. The highest BCUT2D eigenvalue weighted by molar-refractivity contribution is 8.00. The second kappa shape index (κ2) is 8.52.